The lowest BCUT2D eigenvalue weighted by atomic mass is 10.1. The van der Waals surface area contributed by atoms with Gasteiger partial charge in [-0.15, -0.1) is 0 Å². The third-order valence-electron chi connectivity index (χ3n) is 12.5. The molecule has 0 saturated heterocycles. The topological polar surface area (TPSA) is 48.1 Å². The number of aromatic nitrogens is 4. The van der Waals surface area contributed by atoms with E-state index >= 15 is 0 Å². The maximum Gasteiger partial charge on any atom is 0.186 e. The second-order valence-corrected chi connectivity index (χ2v) is 19.5. The zero-order valence-electron chi connectivity index (χ0n) is 33.9. The summed E-state index contributed by atoms with van der Waals surface area (Å²) in [6, 6.07) is 76.0. The van der Waals surface area contributed by atoms with Gasteiger partial charge < -0.3 is 13.9 Å². The van der Waals surface area contributed by atoms with Crippen LogP contribution < -0.4 is 30.4 Å². The maximum atomic E-state index is 7.36. The summed E-state index contributed by atoms with van der Waals surface area (Å²) in [4.78, 5) is 12.5. The van der Waals surface area contributed by atoms with Gasteiger partial charge in [-0.2, -0.15) is 0 Å². The van der Waals surface area contributed by atoms with Crippen LogP contribution in [-0.2, 0) is 7.05 Å². The fourth-order valence-electron chi connectivity index (χ4n) is 9.94. The Morgan fingerprint density at radius 3 is 1.95 bits per heavy atom. The fraction of sp³-hybridized carbons (Fsp3) is 0.0182. The zero-order chi connectivity index (χ0) is 41.2. The van der Waals surface area contributed by atoms with E-state index in [1.54, 1.807) is 0 Å². The summed E-state index contributed by atoms with van der Waals surface area (Å²) in [5, 5.41) is 7.34. The summed E-state index contributed by atoms with van der Waals surface area (Å²) in [5.41, 5.74) is 8.46. The highest BCUT2D eigenvalue weighted by atomic mass is 28.3. The van der Waals surface area contributed by atoms with Crippen molar-refractivity contribution in [1.29, 1.82) is 0 Å². The Bertz CT molecular complexity index is 3420. The smallest absolute Gasteiger partial charge is 0.186 e. The Morgan fingerprint density at radius 2 is 1.21 bits per heavy atom. The van der Waals surface area contributed by atoms with E-state index in [4.69, 9.17) is 14.7 Å². The van der Waals surface area contributed by atoms with Crippen molar-refractivity contribution in [3.63, 3.8) is 0 Å². The van der Waals surface area contributed by atoms with Gasteiger partial charge >= 0.3 is 0 Å². The number of fused-ring (bicyclic) bond motifs is 7. The Labute approximate surface area is 360 Å². The van der Waals surface area contributed by atoms with E-state index in [1.807, 2.05) is 24.4 Å². The van der Waals surface area contributed by atoms with Crippen LogP contribution in [-0.4, -0.2) is 27.2 Å². The predicted octanol–water partition coefficient (Wildman–Crippen LogP) is 10.7. The molecule has 0 aliphatic carbocycles. The summed E-state index contributed by atoms with van der Waals surface area (Å²) in [5.74, 6) is 3.20. The number of ether oxygens (including phenoxy) is 1. The molecule has 0 unspecified atom stereocenters. The van der Waals surface area contributed by atoms with Crippen LogP contribution >= 0.6 is 0 Å². The molecule has 0 amide bonds. The molecule has 0 radical (unpaired) electrons. The van der Waals surface area contributed by atoms with E-state index < -0.39 is 8.07 Å². The normalized spacial score (nSPS) is 13.0. The SMILES string of the molecule is Cn1c(-c2cccc(Oc3cc4c(c5c3c3ccccc3n5-c3ccccc3)[Si](c3ccccc3)(c3ccccc3)c3ccccc3N4c3ccccn3)c2)nc2ccccc21. The van der Waals surface area contributed by atoms with Gasteiger partial charge in [0.05, 0.1) is 33.1 Å². The number of hydrogen-bond acceptors (Lipinski definition) is 4. The van der Waals surface area contributed by atoms with Gasteiger partial charge in [0.1, 0.15) is 23.1 Å². The van der Waals surface area contributed by atoms with E-state index in [0.29, 0.717) is 0 Å². The molecule has 0 spiro atoms. The molecule has 11 aromatic rings. The van der Waals surface area contributed by atoms with Crippen LogP contribution in [0.4, 0.5) is 17.2 Å². The quantitative estimate of drug-likeness (QED) is 0.150. The predicted molar refractivity (Wildman–Crippen MR) is 257 cm³/mol. The largest absolute Gasteiger partial charge is 0.457 e. The highest BCUT2D eigenvalue weighted by Crippen LogP contribution is 2.47. The third-order valence-corrected chi connectivity index (χ3v) is 17.3. The Balaban J connectivity index is 1.25. The molecule has 3 aromatic heterocycles. The van der Waals surface area contributed by atoms with Gasteiger partial charge in [-0.1, -0.05) is 146 Å². The van der Waals surface area contributed by atoms with E-state index in [2.05, 4.69) is 215 Å². The summed E-state index contributed by atoms with van der Waals surface area (Å²) in [6.45, 7) is 0. The molecule has 4 heterocycles. The first kappa shape index (κ1) is 35.9. The molecule has 6 nitrogen and oxygen atoms in total. The van der Waals surface area contributed by atoms with Crippen molar-refractivity contribution >= 4 is 78.9 Å². The van der Waals surface area contributed by atoms with Crippen LogP contribution in [0.15, 0.2) is 219 Å². The first-order valence-electron chi connectivity index (χ1n) is 21.0. The van der Waals surface area contributed by atoms with Gasteiger partial charge in [-0.05, 0) is 76.2 Å². The number of pyridine rings is 1. The van der Waals surface area contributed by atoms with Gasteiger partial charge in [0.15, 0.2) is 8.07 Å². The lowest BCUT2D eigenvalue weighted by Crippen LogP contribution is -2.77. The van der Waals surface area contributed by atoms with Crippen LogP contribution in [0.2, 0.25) is 0 Å². The van der Waals surface area contributed by atoms with E-state index in [-0.39, 0.29) is 0 Å². The zero-order valence-corrected chi connectivity index (χ0v) is 34.9. The highest BCUT2D eigenvalue weighted by Gasteiger charge is 2.51. The average molecular weight is 814 g/mol. The molecule has 1 aliphatic rings. The van der Waals surface area contributed by atoms with E-state index in [0.717, 1.165) is 78.6 Å². The number of hydrogen-bond donors (Lipinski definition) is 0. The molecule has 7 heteroatoms. The Hall–Kier alpha value is -8.00. The molecule has 0 bridgehead atoms. The second kappa shape index (κ2) is 14.3. The second-order valence-electron chi connectivity index (χ2n) is 15.8. The van der Waals surface area contributed by atoms with Gasteiger partial charge in [0, 0.05) is 46.8 Å². The standard InChI is InChI=1S/C55H39N5OSi/c1-58-46-31-14-12-29-44(46)57-55(58)38-20-19-23-40(36-38)61-49-37-48-54(53-52(49)43-28-11-13-30-45(43)59(53)39-21-5-2-6-22-39)62(41-24-7-3-8-25-41,42-26-9-4-10-27-42)50-33-16-15-32-47(50)60(48)51-34-17-18-35-56-51/h2-37H,1H3. The van der Waals surface area contributed by atoms with Crippen molar-refractivity contribution in [1.82, 2.24) is 19.1 Å². The minimum absolute atomic E-state index is 0.725. The summed E-state index contributed by atoms with van der Waals surface area (Å²) in [6.07, 6.45) is 1.88. The monoisotopic (exact) mass is 813 g/mol. The van der Waals surface area contributed by atoms with Crippen molar-refractivity contribution in [3.8, 4) is 28.6 Å². The van der Waals surface area contributed by atoms with Crippen molar-refractivity contribution < 1.29 is 4.74 Å². The molecule has 62 heavy (non-hydrogen) atoms. The molecule has 0 atom stereocenters. The first-order chi connectivity index (χ1) is 30.7. The fourth-order valence-corrected chi connectivity index (χ4v) is 15.2. The van der Waals surface area contributed by atoms with Crippen LogP contribution in [0.5, 0.6) is 11.5 Å². The van der Waals surface area contributed by atoms with E-state index in [1.165, 1.54) is 20.7 Å². The molecule has 1 aliphatic heterocycles. The Kier molecular flexibility index (Phi) is 8.30. The van der Waals surface area contributed by atoms with Gasteiger partial charge in [0.25, 0.3) is 0 Å². The lowest BCUT2D eigenvalue weighted by molar-refractivity contribution is 0.489. The molecule has 12 rings (SSSR count). The van der Waals surface area contributed by atoms with Gasteiger partial charge in [-0.25, -0.2) is 9.97 Å². The molecule has 0 N–H and O–H groups in total. The third kappa shape index (κ3) is 5.35. The molecular formula is C55H39N5OSi. The number of imidazole rings is 1. The summed E-state index contributed by atoms with van der Waals surface area (Å²) < 4.78 is 12.0. The Morgan fingerprint density at radius 1 is 0.548 bits per heavy atom. The minimum atomic E-state index is -3.19. The first-order valence-corrected chi connectivity index (χ1v) is 23.0. The van der Waals surface area contributed by atoms with Gasteiger partial charge in [0.2, 0.25) is 0 Å². The van der Waals surface area contributed by atoms with Crippen molar-refractivity contribution in [2.75, 3.05) is 4.90 Å². The van der Waals surface area contributed by atoms with Crippen molar-refractivity contribution in [3.05, 3.63) is 219 Å². The maximum absolute atomic E-state index is 7.36. The number of aryl methyl sites for hydroxylation is 1. The molecule has 0 fully saturated rings. The van der Waals surface area contributed by atoms with Crippen molar-refractivity contribution in [2.24, 2.45) is 7.05 Å². The number of rotatable bonds is 7. The highest BCUT2D eigenvalue weighted by molar-refractivity contribution is 7.22. The number of nitrogens with zero attached hydrogens (tertiary/aromatic N) is 5. The van der Waals surface area contributed by atoms with Crippen molar-refractivity contribution in [2.45, 2.75) is 0 Å². The summed E-state index contributed by atoms with van der Waals surface area (Å²) >= 11 is 0. The number of benzene rings is 8. The van der Waals surface area contributed by atoms with Crippen LogP contribution in [0, 0.1) is 0 Å². The number of para-hydroxylation sites is 5. The average Bonchev–Trinajstić information content (AvgIpc) is 3.87. The van der Waals surface area contributed by atoms with Crippen LogP contribution in [0.25, 0.3) is 49.9 Å². The van der Waals surface area contributed by atoms with Crippen LogP contribution in [0.1, 0.15) is 0 Å². The molecular weight excluding hydrogens is 775 g/mol. The molecule has 8 aromatic carbocycles. The van der Waals surface area contributed by atoms with Gasteiger partial charge in [-0.3, -0.25) is 4.90 Å². The van der Waals surface area contributed by atoms with E-state index in [9.17, 15) is 0 Å². The lowest BCUT2D eigenvalue weighted by Gasteiger charge is -2.45. The van der Waals surface area contributed by atoms with Crippen LogP contribution in [0.3, 0.4) is 0 Å². The molecule has 294 valence electrons. The molecule has 0 saturated carbocycles. The summed E-state index contributed by atoms with van der Waals surface area (Å²) in [7, 11) is -1.12. The minimum Gasteiger partial charge on any atom is -0.457 e. The number of anilines is 3.